The second-order valence-corrected chi connectivity index (χ2v) is 6.66. The number of hydrogen-bond donors (Lipinski definition) is 2. The fraction of sp³-hybridized carbons (Fsp3) is 0.450. The number of nitrogens with one attached hydrogen (secondary N) is 1. The van der Waals surface area contributed by atoms with Crippen LogP contribution in [0.4, 0.5) is 0 Å². The van der Waals surface area contributed by atoms with Crippen molar-refractivity contribution < 1.29 is 4.79 Å². The van der Waals surface area contributed by atoms with Gasteiger partial charge in [-0.25, -0.2) is 0 Å². The molecule has 1 fully saturated rings. The van der Waals surface area contributed by atoms with Crippen molar-refractivity contribution in [1.82, 2.24) is 10.2 Å². The number of benzene rings is 1. The van der Waals surface area contributed by atoms with Crippen LogP contribution in [0, 0.1) is 5.92 Å². The summed E-state index contributed by atoms with van der Waals surface area (Å²) in [6, 6.07) is 10.6. The Morgan fingerprint density at radius 3 is 2.65 bits per heavy atom. The molecule has 1 aromatic rings. The highest BCUT2D eigenvalue weighted by molar-refractivity contribution is 6.20. The molecule has 0 saturated carbocycles. The smallest absolute Gasteiger partial charge is 0.254 e. The van der Waals surface area contributed by atoms with Crippen molar-refractivity contribution in [2.24, 2.45) is 21.9 Å². The Morgan fingerprint density at radius 1 is 1.35 bits per heavy atom. The number of rotatable bonds is 8. The lowest BCUT2D eigenvalue weighted by Crippen LogP contribution is -2.35. The maximum Gasteiger partial charge on any atom is 0.254 e. The topological polar surface area (TPSA) is 83.1 Å². The molecule has 1 amide bonds. The van der Waals surface area contributed by atoms with Crippen LogP contribution in [0.2, 0.25) is 0 Å². The fourth-order valence-electron chi connectivity index (χ4n) is 3.28. The van der Waals surface area contributed by atoms with Gasteiger partial charge in [0.1, 0.15) is 0 Å². The molecule has 2 rings (SSSR count). The molecule has 0 bridgehead atoms. The van der Waals surface area contributed by atoms with Crippen LogP contribution >= 0.6 is 0 Å². The molecule has 1 saturated heterocycles. The molecule has 26 heavy (non-hydrogen) atoms. The Morgan fingerprint density at radius 2 is 2.04 bits per heavy atom. The van der Waals surface area contributed by atoms with Crippen molar-refractivity contribution in [2.75, 3.05) is 19.6 Å². The molecular formula is C20H29N5O. The zero-order chi connectivity index (χ0) is 18.8. The molecular weight excluding hydrogens is 326 g/mol. The Labute approximate surface area is 155 Å². The Bertz CT molecular complexity index is 645. The molecule has 0 atom stereocenters. The van der Waals surface area contributed by atoms with Gasteiger partial charge in [0.05, 0.1) is 11.3 Å². The van der Waals surface area contributed by atoms with Gasteiger partial charge in [-0.15, -0.1) is 0 Å². The molecule has 0 radical (unpaired) electrons. The number of likely N-dealkylation sites (tertiary alicyclic amines) is 1. The van der Waals surface area contributed by atoms with Crippen molar-refractivity contribution in [2.45, 2.75) is 32.7 Å². The number of nitrogens with two attached hydrogens (primary N) is 1. The molecule has 1 aromatic carbocycles. The maximum atomic E-state index is 12.2. The van der Waals surface area contributed by atoms with Gasteiger partial charge >= 0.3 is 0 Å². The van der Waals surface area contributed by atoms with Crippen LogP contribution in [0.25, 0.3) is 0 Å². The van der Waals surface area contributed by atoms with E-state index in [-0.39, 0.29) is 5.91 Å². The minimum Gasteiger partial charge on any atom is -0.404 e. The van der Waals surface area contributed by atoms with Gasteiger partial charge in [0.15, 0.2) is 0 Å². The lowest BCUT2D eigenvalue weighted by Gasteiger charge is -2.32. The van der Waals surface area contributed by atoms with E-state index in [4.69, 9.17) is 5.73 Å². The lowest BCUT2D eigenvalue weighted by molar-refractivity contribution is -0.117. The molecule has 6 heteroatoms. The first kappa shape index (κ1) is 19.8. The second-order valence-electron chi connectivity index (χ2n) is 6.66. The number of nitrogens with zero attached hydrogens (tertiary/aromatic N) is 3. The van der Waals surface area contributed by atoms with E-state index >= 15 is 0 Å². The Hall–Kier alpha value is -2.47. The van der Waals surface area contributed by atoms with Crippen LogP contribution in [0.1, 0.15) is 31.7 Å². The van der Waals surface area contributed by atoms with Crippen molar-refractivity contribution in [3.05, 3.63) is 47.7 Å². The molecule has 1 heterocycles. The third-order valence-corrected chi connectivity index (χ3v) is 4.82. The number of piperidine rings is 1. The summed E-state index contributed by atoms with van der Waals surface area (Å²) in [4.78, 5) is 14.7. The molecule has 0 aromatic heterocycles. The van der Waals surface area contributed by atoms with Gasteiger partial charge in [-0.3, -0.25) is 9.69 Å². The van der Waals surface area contributed by atoms with E-state index in [1.165, 1.54) is 24.6 Å². The van der Waals surface area contributed by atoms with E-state index in [2.05, 4.69) is 57.5 Å². The molecule has 0 unspecified atom stereocenters. The molecule has 6 nitrogen and oxygen atoms in total. The predicted molar refractivity (Wildman–Crippen MR) is 107 cm³/mol. The molecule has 140 valence electrons. The van der Waals surface area contributed by atoms with Crippen LogP contribution in [0.3, 0.4) is 0 Å². The molecule has 1 aliphatic rings. The van der Waals surface area contributed by atoms with Gasteiger partial charge in [-0.2, -0.15) is 10.2 Å². The number of amides is 1. The molecule has 0 aliphatic carbocycles. The summed E-state index contributed by atoms with van der Waals surface area (Å²) < 4.78 is 0. The summed E-state index contributed by atoms with van der Waals surface area (Å²) in [5, 5.41) is 10.1. The Kier molecular flexibility index (Phi) is 8.02. The van der Waals surface area contributed by atoms with Crippen molar-refractivity contribution in [3.63, 3.8) is 0 Å². The summed E-state index contributed by atoms with van der Waals surface area (Å²) in [5.41, 5.74) is 7.70. The summed E-state index contributed by atoms with van der Waals surface area (Å²) >= 11 is 0. The quantitative estimate of drug-likeness (QED) is 0.426. The number of carbonyl (C=O) groups excluding carboxylic acids is 1. The van der Waals surface area contributed by atoms with E-state index in [0.717, 1.165) is 26.1 Å². The van der Waals surface area contributed by atoms with E-state index in [0.29, 0.717) is 23.7 Å². The van der Waals surface area contributed by atoms with Gasteiger partial charge in [0.2, 0.25) is 0 Å². The van der Waals surface area contributed by atoms with Gasteiger partial charge in [0.25, 0.3) is 5.91 Å². The maximum absolute atomic E-state index is 12.2. The summed E-state index contributed by atoms with van der Waals surface area (Å²) in [6.45, 7) is 8.87. The summed E-state index contributed by atoms with van der Waals surface area (Å²) in [7, 11) is 0. The number of hydrogen-bond acceptors (Lipinski definition) is 5. The minimum absolute atomic E-state index is 0.209. The van der Waals surface area contributed by atoms with Crippen LogP contribution in [0.5, 0.6) is 0 Å². The fourth-order valence-corrected chi connectivity index (χ4v) is 3.28. The van der Waals surface area contributed by atoms with E-state index < -0.39 is 0 Å². The largest absolute Gasteiger partial charge is 0.404 e. The van der Waals surface area contributed by atoms with E-state index in [1.807, 2.05) is 0 Å². The third kappa shape index (κ3) is 6.11. The van der Waals surface area contributed by atoms with Gasteiger partial charge in [-0.05, 0) is 50.8 Å². The van der Waals surface area contributed by atoms with E-state index in [9.17, 15) is 4.79 Å². The third-order valence-electron chi connectivity index (χ3n) is 4.82. The average molecular weight is 355 g/mol. The Balaban J connectivity index is 1.69. The first-order valence-electron chi connectivity index (χ1n) is 9.11. The molecule has 0 spiro atoms. The first-order valence-corrected chi connectivity index (χ1v) is 9.11. The van der Waals surface area contributed by atoms with Gasteiger partial charge in [-0.1, -0.05) is 30.3 Å². The van der Waals surface area contributed by atoms with E-state index in [1.54, 1.807) is 6.92 Å². The van der Waals surface area contributed by atoms with Crippen LogP contribution in [-0.2, 0) is 11.3 Å². The van der Waals surface area contributed by atoms with Crippen molar-refractivity contribution in [3.8, 4) is 0 Å². The first-order chi connectivity index (χ1) is 12.6. The predicted octanol–water partition coefficient (Wildman–Crippen LogP) is 2.32. The van der Waals surface area contributed by atoms with Crippen molar-refractivity contribution in [1.29, 1.82) is 0 Å². The van der Waals surface area contributed by atoms with Crippen molar-refractivity contribution >= 4 is 18.3 Å². The second kappa shape index (κ2) is 10.5. The molecule has 1 aliphatic heterocycles. The van der Waals surface area contributed by atoms with Crippen LogP contribution in [0.15, 0.2) is 52.3 Å². The standard InChI is InChI=1S/C20H29N5O/c1-16(24-22-2)19(14-21)20(26)23-11-8-17-9-12-25(13-10-17)15-18-6-4-3-5-7-18/h3-7,14,17H,2,8-13,15,21H2,1H3,(H,23,26). The lowest BCUT2D eigenvalue weighted by atomic mass is 9.93. The highest BCUT2D eigenvalue weighted by Gasteiger charge is 2.19. The highest BCUT2D eigenvalue weighted by Crippen LogP contribution is 2.21. The van der Waals surface area contributed by atoms with Gasteiger partial charge in [0, 0.05) is 26.0 Å². The highest BCUT2D eigenvalue weighted by atomic mass is 16.1. The zero-order valence-electron chi connectivity index (χ0n) is 15.5. The molecule has 3 N–H and O–H groups in total. The summed E-state index contributed by atoms with van der Waals surface area (Å²) in [6.07, 6.45) is 4.59. The average Bonchev–Trinajstić information content (AvgIpc) is 2.65. The zero-order valence-corrected chi connectivity index (χ0v) is 15.5. The SMILES string of the molecule is C=NN=C(C)C(=CN)C(=O)NCCC1CCN(Cc2ccccc2)CC1. The van der Waals surface area contributed by atoms with Crippen LogP contribution in [-0.4, -0.2) is 42.9 Å². The number of carbonyl (C=O) groups is 1. The van der Waals surface area contributed by atoms with Crippen LogP contribution < -0.4 is 11.1 Å². The normalized spacial score (nSPS) is 17.1. The minimum atomic E-state index is -0.209. The summed E-state index contributed by atoms with van der Waals surface area (Å²) in [5.74, 6) is 0.441. The van der Waals surface area contributed by atoms with Gasteiger partial charge < -0.3 is 11.1 Å². The monoisotopic (exact) mass is 355 g/mol.